The van der Waals surface area contributed by atoms with E-state index in [1.165, 1.54) is 12.1 Å². The van der Waals surface area contributed by atoms with E-state index in [1.54, 1.807) is 37.5 Å². The lowest BCUT2D eigenvalue weighted by molar-refractivity contribution is -0.123. The van der Waals surface area contributed by atoms with E-state index in [4.69, 9.17) is 9.47 Å². The van der Waals surface area contributed by atoms with Gasteiger partial charge in [-0.3, -0.25) is 14.5 Å². The largest absolute Gasteiger partial charge is 0.492 e. The maximum Gasteiger partial charge on any atom is 0.293 e. The predicted octanol–water partition coefficient (Wildman–Crippen LogP) is 5.23. The van der Waals surface area contributed by atoms with Crippen molar-refractivity contribution in [2.45, 2.75) is 13.5 Å². The minimum absolute atomic E-state index is 0.0960. The summed E-state index contributed by atoms with van der Waals surface area (Å²) in [6.45, 7) is 2.42. The number of ether oxygens (including phenoxy) is 2. The molecule has 0 unspecified atom stereocenters. The Labute approximate surface area is 174 Å². The standard InChI is InChI=1S/C20H17BrFNO4S/c1-3-27-16-9-13(8-15(21)18(16)26-2)10-17-19(24)23(20(25)28-17)11-12-4-6-14(22)7-5-12/h4-10H,3,11H2,1-2H3/b17-10-. The third-order valence-corrected chi connectivity index (χ3v) is 5.46. The second-order valence-electron chi connectivity index (χ2n) is 5.86. The molecule has 0 atom stereocenters. The van der Waals surface area contributed by atoms with E-state index < -0.39 is 0 Å². The molecule has 1 aliphatic rings. The number of benzene rings is 2. The van der Waals surface area contributed by atoms with Gasteiger partial charge in [0.1, 0.15) is 5.82 Å². The number of halogens is 2. The smallest absolute Gasteiger partial charge is 0.293 e. The van der Waals surface area contributed by atoms with Crippen molar-refractivity contribution in [1.29, 1.82) is 0 Å². The average Bonchev–Trinajstić information content (AvgIpc) is 2.91. The molecule has 2 amide bonds. The number of carbonyl (C=O) groups is 2. The summed E-state index contributed by atoms with van der Waals surface area (Å²) in [5.74, 6) is 0.344. The van der Waals surface area contributed by atoms with Gasteiger partial charge in [-0.2, -0.15) is 0 Å². The summed E-state index contributed by atoms with van der Waals surface area (Å²) in [5, 5.41) is -0.363. The van der Waals surface area contributed by atoms with Crippen LogP contribution in [0.4, 0.5) is 9.18 Å². The van der Waals surface area contributed by atoms with Crippen molar-refractivity contribution in [3.8, 4) is 11.5 Å². The van der Waals surface area contributed by atoms with E-state index >= 15 is 0 Å². The van der Waals surface area contributed by atoms with E-state index in [0.717, 1.165) is 16.7 Å². The number of carbonyl (C=O) groups excluding carboxylic acids is 2. The molecule has 0 bridgehead atoms. The van der Waals surface area contributed by atoms with Gasteiger partial charge in [-0.1, -0.05) is 12.1 Å². The third kappa shape index (κ3) is 4.39. The zero-order valence-corrected chi connectivity index (χ0v) is 17.6. The van der Waals surface area contributed by atoms with Crippen LogP contribution in [0.3, 0.4) is 0 Å². The number of thioether (sulfide) groups is 1. The lowest BCUT2D eigenvalue weighted by Crippen LogP contribution is -2.27. The molecule has 3 rings (SSSR count). The van der Waals surface area contributed by atoms with Crippen molar-refractivity contribution in [3.63, 3.8) is 0 Å². The molecule has 0 radical (unpaired) electrons. The molecule has 0 saturated carbocycles. The van der Waals surface area contributed by atoms with E-state index in [1.807, 2.05) is 6.92 Å². The molecule has 28 heavy (non-hydrogen) atoms. The SMILES string of the molecule is CCOc1cc(/C=C2\SC(=O)N(Cc3ccc(F)cc3)C2=O)cc(Br)c1OC. The van der Waals surface area contributed by atoms with Crippen molar-refractivity contribution in [2.75, 3.05) is 13.7 Å². The molecular formula is C20H17BrFNO4S. The Balaban J connectivity index is 1.86. The summed E-state index contributed by atoms with van der Waals surface area (Å²) in [5.41, 5.74) is 1.37. The monoisotopic (exact) mass is 465 g/mol. The molecule has 0 aliphatic carbocycles. The Morgan fingerprint density at radius 3 is 2.57 bits per heavy atom. The molecule has 2 aromatic rings. The Hall–Kier alpha value is -2.32. The molecule has 2 aromatic carbocycles. The number of hydrogen-bond acceptors (Lipinski definition) is 5. The van der Waals surface area contributed by atoms with Gasteiger partial charge in [-0.05, 0) is 76.1 Å². The fourth-order valence-electron chi connectivity index (χ4n) is 2.69. The zero-order valence-electron chi connectivity index (χ0n) is 15.2. The molecule has 5 nitrogen and oxygen atoms in total. The number of nitrogens with zero attached hydrogens (tertiary/aromatic N) is 1. The van der Waals surface area contributed by atoms with Gasteiger partial charge in [0, 0.05) is 0 Å². The molecular weight excluding hydrogens is 449 g/mol. The molecule has 8 heteroatoms. The Kier molecular flexibility index (Phi) is 6.41. The van der Waals surface area contributed by atoms with Crippen LogP contribution in [-0.2, 0) is 11.3 Å². The normalized spacial score (nSPS) is 15.4. The van der Waals surface area contributed by atoms with Crippen molar-refractivity contribution in [3.05, 3.63) is 62.7 Å². The van der Waals surface area contributed by atoms with Gasteiger partial charge in [0.2, 0.25) is 0 Å². The summed E-state index contributed by atoms with van der Waals surface area (Å²) in [4.78, 5) is 26.4. The van der Waals surface area contributed by atoms with Crippen LogP contribution >= 0.6 is 27.7 Å². The molecule has 1 aliphatic heterocycles. The van der Waals surface area contributed by atoms with Crippen LogP contribution in [0.1, 0.15) is 18.1 Å². The molecule has 146 valence electrons. The van der Waals surface area contributed by atoms with E-state index in [2.05, 4.69) is 15.9 Å². The van der Waals surface area contributed by atoms with Gasteiger partial charge >= 0.3 is 0 Å². The first-order chi connectivity index (χ1) is 13.4. The fourth-order valence-corrected chi connectivity index (χ4v) is 4.15. The van der Waals surface area contributed by atoms with Crippen molar-refractivity contribution in [1.82, 2.24) is 4.90 Å². The molecule has 1 saturated heterocycles. The predicted molar refractivity (Wildman–Crippen MR) is 110 cm³/mol. The van der Waals surface area contributed by atoms with E-state index in [9.17, 15) is 14.0 Å². The van der Waals surface area contributed by atoms with Crippen LogP contribution in [0.2, 0.25) is 0 Å². The number of amides is 2. The van der Waals surface area contributed by atoms with Crippen molar-refractivity contribution in [2.24, 2.45) is 0 Å². The first-order valence-corrected chi connectivity index (χ1v) is 10.0. The molecule has 0 aromatic heterocycles. The second kappa shape index (κ2) is 8.79. The van der Waals surface area contributed by atoms with Crippen LogP contribution in [0.15, 0.2) is 45.8 Å². The maximum absolute atomic E-state index is 13.0. The van der Waals surface area contributed by atoms with Crippen molar-refractivity contribution >= 4 is 44.9 Å². The molecule has 1 fully saturated rings. The first-order valence-electron chi connectivity index (χ1n) is 8.43. The highest BCUT2D eigenvalue weighted by Crippen LogP contribution is 2.39. The van der Waals surface area contributed by atoms with Crippen molar-refractivity contribution < 1.29 is 23.5 Å². The van der Waals surface area contributed by atoms with Gasteiger partial charge in [0.25, 0.3) is 11.1 Å². The zero-order chi connectivity index (χ0) is 20.3. The molecule has 0 N–H and O–H groups in total. The number of hydrogen-bond donors (Lipinski definition) is 0. The van der Waals surface area contributed by atoms with Crippen LogP contribution < -0.4 is 9.47 Å². The highest BCUT2D eigenvalue weighted by atomic mass is 79.9. The number of rotatable bonds is 6. The summed E-state index contributed by atoms with van der Waals surface area (Å²) in [6, 6.07) is 9.24. The van der Waals surface area contributed by atoms with Crippen LogP contribution in [0, 0.1) is 5.82 Å². The fraction of sp³-hybridized carbons (Fsp3) is 0.200. The molecule has 1 heterocycles. The Morgan fingerprint density at radius 1 is 1.21 bits per heavy atom. The van der Waals surface area contributed by atoms with Crippen LogP contribution in [0.5, 0.6) is 11.5 Å². The third-order valence-electron chi connectivity index (χ3n) is 3.96. The van der Waals surface area contributed by atoms with Gasteiger partial charge in [-0.25, -0.2) is 4.39 Å². The maximum atomic E-state index is 13.0. The van der Waals surface area contributed by atoms with Gasteiger partial charge in [0.15, 0.2) is 11.5 Å². The second-order valence-corrected chi connectivity index (χ2v) is 7.71. The average molecular weight is 466 g/mol. The Bertz CT molecular complexity index is 946. The summed E-state index contributed by atoms with van der Waals surface area (Å²) in [6.07, 6.45) is 1.64. The van der Waals surface area contributed by atoms with E-state index in [-0.39, 0.29) is 23.5 Å². The summed E-state index contributed by atoms with van der Waals surface area (Å²) >= 11 is 4.30. The first kappa shape index (κ1) is 20.4. The minimum Gasteiger partial charge on any atom is -0.492 e. The number of methoxy groups -OCH3 is 1. The lowest BCUT2D eigenvalue weighted by atomic mass is 10.1. The van der Waals surface area contributed by atoms with Crippen LogP contribution in [-0.4, -0.2) is 29.8 Å². The lowest BCUT2D eigenvalue weighted by Gasteiger charge is -2.13. The molecule has 0 spiro atoms. The number of imide groups is 1. The van der Waals surface area contributed by atoms with Gasteiger partial charge < -0.3 is 9.47 Å². The van der Waals surface area contributed by atoms with Crippen LogP contribution in [0.25, 0.3) is 6.08 Å². The topological polar surface area (TPSA) is 55.8 Å². The van der Waals surface area contributed by atoms with E-state index in [0.29, 0.717) is 38.6 Å². The minimum atomic E-state index is -0.385. The quantitative estimate of drug-likeness (QED) is 0.546. The Morgan fingerprint density at radius 2 is 1.93 bits per heavy atom. The van der Waals surface area contributed by atoms with Gasteiger partial charge in [0.05, 0.1) is 29.6 Å². The summed E-state index contributed by atoms with van der Waals surface area (Å²) in [7, 11) is 1.54. The summed E-state index contributed by atoms with van der Waals surface area (Å²) < 4.78 is 24.6. The van der Waals surface area contributed by atoms with Gasteiger partial charge in [-0.15, -0.1) is 0 Å². The highest BCUT2D eigenvalue weighted by molar-refractivity contribution is 9.10. The highest BCUT2D eigenvalue weighted by Gasteiger charge is 2.35.